The largest absolute Gasteiger partial charge is 0.490 e. The first-order valence-corrected chi connectivity index (χ1v) is 16.3. The van der Waals surface area contributed by atoms with Gasteiger partial charge in [-0.1, -0.05) is 32.9 Å². The zero-order valence-corrected chi connectivity index (χ0v) is 27.0. The Morgan fingerprint density at radius 3 is 2.79 bits per heavy atom. The lowest BCUT2D eigenvalue weighted by molar-refractivity contribution is -0.130. The number of nitrogens with zero attached hydrogens (tertiary/aromatic N) is 3. The van der Waals surface area contributed by atoms with Crippen LogP contribution in [0.5, 0.6) is 5.75 Å². The van der Waals surface area contributed by atoms with E-state index in [1.807, 2.05) is 0 Å². The number of amides is 2. The van der Waals surface area contributed by atoms with Crippen LogP contribution in [0.3, 0.4) is 0 Å². The van der Waals surface area contributed by atoms with E-state index in [0.29, 0.717) is 36.1 Å². The van der Waals surface area contributed by atoms with E-state index in [1.165, 1.54) is 0 Å². The molecule has 43 heavy (non-hydrogen) atoms. The van der Waals surface area contributed by atoms with Crippen molar-refractivity contribution in [3.8, 4) is 5.75 Å². The van der Waals surface area contributed by atoms with Crippen molar-refractivity contribution in [1.82, 2.24) is 25.9 Å². The number of benzene rings is 1. The van der Waals surface area contributed by atoms with Crippen LogP contribution in [0.15, 0.2) is 28.9 Å². The molecule has 238 valence electrons. The maximum Gasteiger partial charge on any atom is 0.408 e. The van der Waals surface area contributed by atoms with Crippen molar-refractivity contribution in [1.29, 1.82) is 0 Å². The van der Waals surface area contributed by atoms with Crippen molar-refractivity contribution in [2.75, 3.05) is 37.9 Å². The molecule has 2 aliphatic rings. The quantitative estimate of drug-likeness (QED) is 0.366. The highest BCUT2D eigenvalue weighted by molar-refractivity contribution is 7.99. The Balaban J connectivity index is 1.45. The molecule has 0 aliphatic carbocycles. The van der Waals surface area contributed by atoms with Crippen molar-refractivity contribution in [2.24, 2.45) is 17.8 Å². The number of carbonyl (C=O) groups is 2. The summed E-state index contributed by atoms with van der Waals surface area (Å²) in [5.74, 6) is 2.20. The first-order valence-electron chi connectivity index (χ1n) is 15.2. The summed E-state index contributed by atoms with van der Waals surface area (Å²) in [6.45, 7) is 13.7. The minimum atomic E-state index is -0.654. The van der Waals surface area contributed by atoms with Crippen LogP contribution in [0.1, 0.15) is 65.7 Å². The summed E-state index contributed by atoms with van der Waals surface area (Å²) in [6.07, 6.45) is 3.10. The maximum atomic E-state index is 15.9. The van der Waals surface area contributed by atoms with Gasteiger partial charge in [-0.2, -0.15) is 0 Å². The number of halogens is 1. The van der Waals surface area contributed by atoms with Gasteiger partial charge in [0.1, 0.15) is 12.1 Å². The fourth-order valence-corrected chi connectivity index (χ4v) is 7.76. The Labute approximate surface area is 258 Å². The number of alkyl carbamates (subject to hydrolysis) is 1. The van der Waals surface area contributed by atoms with Crippen molar-refractivity contribution in [3.63, 3.8) is 0 Å². The molecule has 0 saturated carbocycles. The molecule has 2 aromatic rings. The highest BCUT2D eigenvalue weighted by Gasteiger charge is 2.51. The van der Waals surface area contributed by atoms with E-state index in [2.05, 4.69) is 41.8 Å². The molecule has 10 nitrogen and oxygen atoms in total. The molecule has 2 aliphatic heterocycles. The van der Waals surface area contributed by atoms with Gasteiger partial charge in [-0.3, -0.25) is 4.79 Å². The SMILES string of the molecule is CCC(COc1cccc(CC2CSCN2C(=O)CNC(=O)OC(C)(C)C)c1F)C1(c2cnno2)CCNCC1C(C)C. The lowest BCUT2D eigenvalue weighted by Crippen LogP contribution is -2.55. The van der Waals surface area contributed by atoms with E-state index >= 15 is 4.39 Å². The van der Waals surface area contributed by atoms with E-state index in [1.54, 1.807) is 61.8 Å². The van der Waals surface area contributed by atoms with E-state index in [0.717, 1.165) is 31.7 Å². The molecular formula is C31H46FN5O5S. The van der Waals surface area contributed by atoms with E-state index < -0.39 is 17.5 Å². The molecule has 0 spiro atoms. The Kier molecular flexibility index (Phi) is 11.0. The Morgan fingerprint density at radius 1 is 1.33 bits per heavy atom. The molecule has 2 fully saturated rings. The predicted octanol–water partition coefficient (Wildman–Crippen LogP) is 4.79. The van der Waals surface area contributed by atoms with E-state index in [-0.39, 0.29) is 41.5 Å². The van der Waals surface area contributed by atoms with Crippen LogP contribution in [-0.2, 0) is 21.4 Å². The highest BCUT2D eigenvalue weighted by atomic mass is 32.2. The van der Waals surface area contributed by atoms with Crippen LogP contribution in [0.2, 0.25) is 0 Å². The van der Waals surface area contributed by atoms with Crippen LogP contribution in [0, 0.1) is 23.6 Å². The third kappa shape index (κ3) is 7.81. The molecule has 3 heterocycles. The smallest absolute Gasteiger partial charge is 0.408 e. The normalized spacial score (nSPS) is 23.3. The maximum absolute atomic E-state index is 15.9. The molecule has 12 heteroatoms. The van der Waals surface area contributed by atoms with Gasteiger partial charge in [0.15, 0.2) is 17.3 Å². The number of hydrogen-bond acceptors (Lipinski definition) is 9. The number of thioether (sulfide) groups is 1. The average molecular weight is 620 g/mol. The molecular weight excluding hydrogens is 573 g/mol. The average Bonchev–Trinajstić information content (AvgIpc) is 3.66. The Morgan fingerprint density at radius 2 is 2.12 bits per heavy atom. The molecule has 0 bridgehead atoms. The number of carbonyl (C=O) groups excluding carboxylic acids is 2. The topological polar surface area (TPSA) is 119 Å². The standard InChI is InChI=1S/C31H46FN5O5S/c1-7-22(31(26-15-35-36-42-26)11-12-33-14-24(31)20(2)3)17-40-25-10-8-9-21(28(25)32)13-23-18-43-19-37(23)27(38)16-34-29(39)41-30(4,5)6/h8-10,15,20,22-24,33H,7,11-14,16-19H2,1-6H3,(H,34,39). The number of aromatic nitrogens is 2. The minimum absolute atomic E-state index is 0.0524. The molecule has 2 amide bonds. The second-order valence-corrected chi connectivity index (χ2v) is 13.8. The van der Waals surface area contributed by atoms with E-state index in [9.17, 15) is 9.59 Å². The van der Waals surface area contributed by atoms with Crippen LogP contribution in [-0.4, -0.2) is 76.8 Å². The molecule has 1 aromatic carbocycles. The number of rotatable bonds is 11. The van der Waals surface area contributed by atoms with Crippen molar-refractivity contribution in [3.05, 3.63) is 41.5 Å². The van der Waals surface area contributed by atoms with Crippen LogP contribution in [0.4, 0.5) is 9.18 Å². The third-order valence-electron chi connectivity index (χ3n) is 8.61. The first-order chi connectivity index (χ1) is 20.5. The number of hydrogen-bond donors (Lipinski definition) is 2. The summed E-state index contributed by atoms with van der Waals surface area (Å²) in [6, 6.07) is 5.00. The van der Waals surface area contributed by atoms with Gasteiger partial charge in [0.25, 0.3) is 0 Å². The van der Waals surface area contributed by atoms with Crippen LogP contribution in [0.25, 0.3) is 0 Å². The van der Waals surface area contributed by atoms with Gasteiger partial charge in [0, 0.05) is 28.4 Å². The first kappa shape index (κ1) is 33.0. The minimum Gasteiger partial charge on any atom is -0.490 e. The zero-order valence-electron chi connectivity index (χ0n) is 26.2. The molecule has 4 unspecified atom stereocenters. The summed E-state index contributed by atoms with van der Waals surface area (Å²) < 4.78 is 33.1. The fourth-order valence-electron chi connectivity index (χ4n) is 6.53. The van der Waals surface area contributed by atoms with Gasteiger partial charge in [-0.25, -0.2) is 9.18 Å². The molecule has 0 radical (unpaired) electrons. The molecule has 4 atom stereocenters. The number of nitrogens with one attached hydrogen (secondary N) is 2. The summed E-state index contributed by atoms with van der Waals surface area (Å²) >= 11 is 1.61. The molecule has 2 N–H and O–H groups in total. The van der Waals surface area contributed by atoms with Gasteiger partial charge < -0.3 is 29.5 Å². The van der Waals surface area contributed by atoms with Gasteiger partial charge in [-0.15, -0.1) is 16.9 Å². The summed E-state index contributed by atoms with van der Waals surface area (Å²) in [5, 5.41) is 13.9. The second-order valence-electron chi connectivity index (χ2n) is 12.8. The van der Waals surface area contributed by atoms with Crippen molar-refractivity contribution in [2.45, 2.75) is 77.9 Å². The van der Waals surface area contributed by atoms with Gasteiger partial charge >= 0.3 is 6.09 Å². The summed E-state index contributed by atoms with van der Waals surface area (Å²) in [4.78, 5) is 26.6. The molecule has 2 saturated heterocycles. The fraction of sp³-hybridized carbons (Fsp3) is 0.677. The lowest BCUT2D eigenvalue weighted by Gasteiger charge is -2.49. The van der Waals surface area contributed by atoms with Gasteiger partial charge in [0.2, 0.25) is 5.91 Å². The van der Waals surface area contributed by atoms with E-state index in [4.69, 9.17) is 14.0 Å². The number of ether oxygens (including phenoxy) is 2. The Bertz CT molecular complexity index is 1220. The summed E-state index contributed by atoms with van der Waals surface area (Å²) in [5.41, 5.74) is -0.494. The monoisotopic (exact) mass is 619 g/mol. The lowest BCUT2D eigenvalue weighted by atomic mass is 9.58. The van der Waals surface area contributed by atoms with Crippen molar-refractivity contribution >= 4 is 23.8 Å². The molecule has 1 aromatic heterocycles. The van der Waals surface area contributed by atoms with Crippen LogP contribution >= 0.6 is 11.8 Å². The van der Waals surface area contributed by atoms with Crippen LogP contribution < -0.4 is 15.4 Å². The number of piperidine rings is 1. The summed E-state index contributed by atoms with van der Waals surface area (Å²) in [7, 11) is 0. The van der Waals surface area contributed by atoms with Gasteiger partial charge in [-0.05, 0) is 76.6 Å². The van der Waals surface area contributed by atoms with Gasteiger partial charge in [0.05, 0.1) is 18.7 Å². The Hall–Kier alpha value is -2.86. The predicted molar refractivity (Wildman–Crippen MR) is 163 cm³/mol. The highest BCUT2D eigenvalue weighted by Crippen LogP contribution is 2.48. The molecule has 4 rings (SSSR count). The third-order valence-corrected chi connectivity index (χ3v) is 9.69. The van der Waals surface area contributed by atoms with Crippen molar-refractivity contribution < 1.29 is 28.0 Å². The second kappa shape index (κ2) is 14.3. The zero-order chi connectivity index (χ0) is 31.2.